The zero-order chi connectivity index (χ0) is 10.7. The zero-order valence-electron chi connectivity index (χ0n) is 8.87. The molecule has 0 aliphatic rings. The van der Waals surface area contributed by atoms with Crippen LogP contribution in [0.25, 0.3) is 0 Å². The molecule has 14 heavy (non-hydrogen) atoms. The van der Waals surface area contributed by atoms with Gasteiger partial charge in [-0.05, 0) is 25.8 Å². The Morgan fingerprint density at radius 1 is 1.29 bits per heavy atom. The first-order chi connectivity index (χ1) is 6.49. The smallest absolute Gasteiger partial charge is 0.306 e. The molecule has 0 saturated carbocycles. The van der Waals surface area contributed by atoms with Gasteiger partial charge in [0.2, 0.25) is 0 Å². The van der Waals surface area contributed by atoms with Gasteiger partial charge in [-0.3, -0.25) is 4.79 Å². The van der Waals surface area contributed by atoms with Crippen LogP contribution in [0.3, 0.4) is 0 Å². The highest BCUT2D eigenvalue weighted by atomic mass is 16.4. The second-order valence-electron chi connectivity index (χ2n) is 3.94. The lowest BCUT2D eigenvalue weighted by molar-refractivity contribution is -0.141. The number of aryl methyl sites for hydroxylation is 2. The molecule has 0 aliphatic heterocycles. The summed E-state index contributed by atoms with van der Waals surface area (Å²) < 4.78 is 0. The normalized spacial score (nSPS) is 12.5. The average Bonchev–Trinajstić information content (AvgIpc) is 2.01. The molecular formula is C12H16O2. The molecule has 0 aromatic heterocycles. The molecule has 1 atom stereocenters. The maximum atomic E-state index is 10.7. The van der Waals surface area contributed by atoms with E-state index in [4.69, 9.17) is 5.11 Å². The molecule has 2 heteroatoms. The van der Waals surface area contributed by atoms with Crippen molar-refractivity contribution in [3.63, 3.8) is 0 Å². The van der Waals surface area contributed by atoms with Crippen molar-refractivity contribution in [3.05, 3.63) is 34.9 Å². The van der Waals surface area contributed by atoms with Crippen LogP contribution in [0.1, 0.15) is 23.6 Å². The average molecular weight is 192 g/mol. The lowest BCUT2D eigenvalue weighted by Gasteiger charge is -2.08. The van der Waals surface area contributed by atoms with Crippen LogP contribution in [0.2, 0.25) is 0 Å². The monoisotopic (exact) mass is 192 g/mol. The van der Waals surface area contributed by atoms with Gasteiger partial charge in [0.15, 0.2) is 0 Å². The van der Waals surface area contributed by atoms with E-state index >= 15 is 0 Å². The third-order valence-electron chi connectivity index (χ3n) is 2.24. The number of aliphatic carboxylic acids is 1. The van der Waals surface area contributed by atoms with Crippen LogP contribution in [0.15, 0.2) is 18.2 Å². The van der Waals surface area contributed by atoms with Gasteiger partial charge in [-0.25, -0.2) is 0 Å². The predicted molar refractivity (Wildman–Crippen MR) is 56.4 cm³/mol. The Morgan fingerprint density at radius 3 is 2.21 bits per heavy atom. The van der Waals surface area contributed by atoms with Crippen molar-refractivity contribution < 1.29 is 9.90 Å². The molecule has 0 spiro atoms. The van der Waals surface area contributed by atoms with E-state index in [0.717, 1.165) is 5.56 Å². The molecule has 2 nitrogen and oxygen atoms in total. The Morgan fingerprint density at radius 2 is 1.79 bits per heavy atom. The van der Waals surface area contributed by atoms with Gasteiger partial charge >= 0.3 is 5.97 Å². The van der Waals surface area contributed by atoms with E-state index in [1.54, 1.807) is 6.92 Å². The molecule has 0 heterocycles. The summed E-state index contributed by atoms with van der Waals surface area (Å²) in [5.41, 5.74) is 3.49. The van der Waals surface area contributed by atoms with Crippen molar-refractivity contribution in [2.75, 3.05) is 0 Å². The Kier molecular flexibility index (Phi) is 3.28. The largest absolute Gasteiger partial charge is 0.481 e. The summed E-state index contributed by atoms with van der Waals surface area (Å²) in [5.74, 6) is -1.04. The maximum absolute atomic E-state index is 10.7. The number of hydrogen-bond acceptors (Lipinski definition) is 1. The molecule has 1 aromatic rings. The molecule has 1 aromatic carbocycles. The zero-order valence-corrected chi connectivity index (χ0v) is 8.87. The van der Waals surface area contributed by atoms with Gasteiger partial charge in [-0.2, -0.15) is 0 Å². The van der Waals surface area contributed by atoms with Crippen molar-refractivity contribution in [3.8, 4) is 0 Å². The van der Waals surface area contributed by atoms with E-state index in [0.29, 0.717) is 6.42 Å². The third-order valence-corrected chi connectivity index (χ3v) is 2.24. The fourth-order valence-corrected chi connectivity index (χ4v) is 1.63. The maximum Gasteiger partial charge on any atom is 0.306 e. The number of hydrogen-bond donors (Lipinski definition) is 1. The van der Waals surface area contributed by atoms with Gasteiger partial charge in [-0.1, -0.05) is 36.2 Å². The predicted octanol–water partition coefficient (Wildman–Crippen LogP) is 2.57. The van der Waals surface area contributed by atoms with Gasteiger partial charge in [0.1, 0.15) is 0 Å². The molecule has 0 radical (unpaired) electrons. The Bertz CT molecular complexity index is 322. The fourth-order valence-electron chi connectivity index (χ4n) is 1.63. The minimum atomic E-state index is -0.732. The quantitative estimate of drug-likeness (QED) is 0.799. The second-order valence-corrected chi connectivity index (χ2v) is 3.94. The van der Waals surface area contributed by atoms with Gasteiger partial charge in [-0.15, -0.1) is 0 Å². The summed E-state index contributed by atoms with van der Waals surface area (Å²) >= 11 is 0. The van der Waals surface area contributed by atoms with Crippen molar-refractivity contribution in [1.82, 2.24) is 0 Å². The Hall–Kier alpha value is -1.31. The van der Waals surface area contributed by atoms with Crippen molar-refractivity contribution in [2.24, 2.45) is 5.92 Å². The standard InChI is InChI=1S/C12H16O2/c1-8-4-9(2)6-11(5-8)7-10(3)12(13)14/h4-6,10H,7H2,1-3H3,(H,13,14)/t10-/m0/s1. The molecule has 0 aliphatic carbocycles. The highest BCUT2D eigenvalue weighted by molar-refractivity contribution is 5.69. The number of carbonyl (C=O) groups is 1. The van der Waals surface area contributed by atoms with E-state index in [1.165, 1.54) is 11.1 Å². The van der Waals surface area contributed by atoms with E-state index < -0.39 is 5.97 Å². The first-order valence-corrected chi connectivity index (χ1v) is 4.79. The van der Waals surface area contributed by atoms with Crippen LogP contribution in [0.5, 0.6) is 0 Å². The Balaban J connectivity index is 2.81. The van der Waals surface area contributed by atoms with Gasteiger partial charge in [0.25, 0.3) is 0 Å². The molecule has 0 fully saturated rings. The lowest BCUT2D eigenvalue weighted by Crippen LogP contribution is -2.12. The molecule has 1 rings (SSSR count). The number of carboxylic acid groups (broad SMARTS) is 1. The van der Waals surface area contributed by atoms with Crippen molar-refractivity contribution in [1.29, 1.82) is 0 Å². The summed E-state index contributed by atoms with van der Waals surface area (Å²) in [6, 6.07) is 6.19. The van der Waals surface area contributed by atoms with E-state index in [2.05, 4.69) is 6.07 Å². The topological polar surface area (TPSA) is 37.3 Å². The molecule has 0 bridgehead atoms. The van der Waals surface area contributed by atoms with Crippen molar-refractivity contribution in [2.45, 2.75) is 27.2 Å². The first-order valence-electron chi connectivity index (χ1n) is 4.79. The van der Waals surface area contributed by atoms with Gasteiger partial charge < -0.3 is 5.11 Å². The number of rotatable bonds is 3. The highest BCUT2D eigenvalue weighted by Crippen LogP contribution is 2.13. The van der Waals surface area contributed by atoms with E-state index in [1.807, 2.05) is 26.0 Å². The van der Waals surface area contributed by atoms with Crippen LogP contribution < -0.4 is 0 Å². The molecule has 1 N–H and O–H groups in total. The molecule has 76 valence electrons. The first kappa shape index (κ1) is 10.8. The van der Waals surface area contributed by atoms with Crippen LogP contribution >= 0.6 is 0 Å². The van der Waals surface area contributed by atoms with Crippen LogP contribution in [0.4, 0.5) is 0 Å². The number of benzene rings is 1. The van der Waals surface area contributed by atoms with Crippen LogP contribution in [-0.2, 0) is 11.2 Å². The number of carboxylic acids is 1. The Labute approximate surface area is 84.6 Å². The summed E-state index contributed by atoms with van der Waals surface area (Å²) in [6.45, 7) is 5.80. The van der Waals surface area contributed by atoms with E-state index in [-0.39, 0.29) is 5.92 Å². The summed E-state index contributed by atoms with van der Waals surface area (Å²) in [6.07, 6.45) is 0.609. The van der Waals surface area contributed by atoms with Gasteiger partial charge in [0, 0.05) is 0 Å². The SMILES string of the molecule is Cc1cc(C)cc(C[C@H](C)C(=O)O)c1. The van der Waals surface area contributed by atoms with Crippen molar-refractivity contribution >= 4 is 5.97 Å². The van der Waals surface area contributed by atoms with Crippen LogP contribution in [-0.4, -0.2) is 11.1 Å². The minimum absolute atomic E-state index is 0.309. The fraction of sp³-hybridized carbons (Fsp3) is 0.417. The highest BCUT2D eigenvalue weighted by Gasteiger charge is 2.11. The molecule has 0 saturated heterocycles. The molecule has 0 unspecified atom stereocenters. The summed E-state index contributed by atoms with van der Waals surface area (Å²) in [5, 5.41) is 8.78. The lowest BCUT2D eigenvalue weighted by atomic mass is 9.98. The molecular weight excluding hydrogens is 176 g/mol. The third kappa shape index (κ3) is 2.87. The molecule has 0 amide bonds. The minimum Gasteiger partial charge on any atom is -0.481 e. The van der Waals surface area contributed by atoms with E-state index in [9.17, 15) is 4.79 Å². The van der Waals surface area contributed by atoms with Crippen LogP contribution in [0, 0.1) is 19.8 Å². The van der Waals surface area contributed by atoms with Gasteiger partial charge in [0.05, 0.1) is 5.92 Å². The summed E-state index contributed by atoms with van der Waals surface area (Å²) in [7, 11) is 0. The second kappa shape index (κ2) is 4.27. The summed E-state index contributed by atoms with van der Waals surface area (Å²) in [4.78, 5) is 10.7.